The Morgan fingerprint density at radius 2 is 1.74 bits per heavy atom. The topological polar surface area (TPSA) is 131 Å². The molecule has 4 rings (SSSR count). The Morgan fingerprint density at radius 1 is 1.09 bits per heavy atom. The molecule has 0 saturated carbocycles. The van der Waals surface area contributed by atoms with Gasteiger partial charge in [-0.05, 0) is 28.7 Å². The molecule has 0 spiro atoms. The van der Waals surface area contributed by atoms with Crippen LogP contribution in [0.1, 0.15) is 59.5 Å². The smallest absolute Gasteiger partial charge is 0.407 e. The molecule has 0 unspecified atom stereocenters. The highest BCUT2D eigenvalue weighted by molar-refractivity contribution is 5.87. The molecular weight excluding hydrogens is 450 g/mol. The summed E-state index contributed by atoms with van der Waals surface area (Å²) in [6.45, 7) is 1.97. The van der Waals surface area contributed by atoms with Crippen LogP contribution in [0.5, 0.6) is 0 Å². The zero-order chi connectivity index (χ0) is 24.8. The van der Waals surface area contributed by atoms with Gasteiger partial charge in [0.15, 0.2) is 17.8 Å². The van der Waals surface area contributed by atoms with E-state index in [1.54, 1.807) is 0 Å². The van der Waals surface area contributed by atoms with Crippen molar-refractivity contribution in [3.8, 4) is 11.1 Å². The van der Waals surface area contributed by atoms with E-state index in [1.165, 1.54) is 0 Å². The number of unbranched alkanes of at least 4 members (excludes halogenated alkanes) is 1. The van der Waals surface area contributed by atoms with Gasteiger partial charge in [-0.1, -0.05) is 68.3 Å². The number of alkyl carbamates (subject to hydrolysis) is 1. The zero-order valence-electron chi connectivity index (χ0n) is 19.3. The SMILES string of the molecule is CCCC[C@H](NC(=O)OCC1c2ccccc2-c2ccccc21)C(=O)NCc1ocnc1C(=O)O. The third kappa shape index (κ3) is 5.34. The largest absolute Gasteiger partial charge is 0.476 e. The van der Waals surface area contributed by atoms with E-state index in [-0.39, 0.29) is 30.5 Å². The van der Waals surface area contributed by atoms with E-state index in [0.717, 1.165) is 35.1 Å². The number of amides is 2. The van der Waals surface area contributed by atoms with Crippen LogP contribution < -0.4 is 10.6 Å². The van der Waals surface area contributed by atoms with Gasteiger partial charge < -0.3 is 24.9 Å². The van der Waals surface area contributed by atoms with Crippen LogP contribution in [-0.2, 0) is 16.1 Å². The maximum Gasteiger partial charge on any atom is 0.407 e. The van der Waals surface area contributed by atoms with Gasteiger partial charge in [0.2, 0.25) is 5.91 Å². The number of carbonyl (C=O) groups is 3. The Kier molecular flexibility index (Phi) is 7.45. The third-order valence-electron chi connectivity index (χ3n) is 6.07. The molecule has 35 heavy (non-hydrogen) atoms. The van der Waals surface area contributed by atoms with Gasteiger partial charge in [-0.3, -0.25) is 4.79 Å². The van der Waals surface area contributed by atoms with Gasteiger partial charge in [0, 0.05) is 5.92 Å². The van der Waals surface area contributed by atoms with Gasteiger partial charge in [0.1, 0.15) is 12.6 Å². The number of oxazole rings is 1. The van der Waals surface area contributed by atoms with E-state index in [1.807, 2.05) is 43.3 Å². The molecule has 2 aromatic carbocycles. The molecule has 3 N–H and O–H groups in total. The molecule has 0 fully saturated rings. The van der Waals surface area contributed by atoms with Gasteiger partial charge in [-0.2, -0.15) is 0 Å². The predicted octanol–water partition coefficient (Wildman–Crippen LogP) is 4.09. The summed E-state index contributed by atoms with van der Waals surface area (Å²) < 4.78 is 10.6. The van der Waals surface area contributed by atoms with Gasteiger partial charge in [0.05, 0.1) is 6.54 Å². The van der Waals surface area contributed by atoms with Crippen LogP contribution in [0.4, 0.5) is 4.79 Å². The lowest BCUT2D eigenvalue weighted by Crippen LogP contribution is -2.47. The number of aromatic nitrogens is 1. The summed E-state index contributed by atoms with van der Waals surface area (Å²) in [7, 11) is 0. The second-order valence-corrected chi connectivity index (χ2v) is 8.31. The average Bonchev–Trinajstić information content (AvgIpc) is 3.47. The van der Waals surface area contributed by atoms with Crippen LogP contribution in [-0.4, -0.2) is 40.7 Å². The van der Waals surface area contributed by atoms with E-state index in [4.69, 9.17) is 14.3 Å². The lowest BCUT2D eigenvalue weighted by Gasteiger charge is -2.19. The molecule has 9 heteroatoms. The van der Waals surface area contributed by atoms with Crippen LogP contribution in [0.15, 0.2) is 59.3 Å². The molecule has 2 amide bonds. The van der Waals surface area contributed by atoms with Crippen molar-refractivity contribution < 1.29 is 28.6 Å². The Bertz CT molecular complexity index is 1180. The molecular formula is C26H27N3O6. The number of fused-ring (bicyclic) bond motifs is 3. The lowest BCUT2D eigenvalue weighted by molar-refractivity contribution is -0.123. The first-order chi connectivity index (χ1) is 17.0. The fraction of sp³-hybridized carbons (Fsp3) is 0.308. The number of carboxylic acids is 1. The average molecular weight is 478 g/mol. The van der Waals surface area contributed by atoms with Crippen LogP contribution in [0, 0.1) is 0 Å². The maximum absolute atomic E-state index is 12.8. The number of hydrogen-bond donors (Lipinski definition) is 3. The van der Waals surface area contributed by atoms with Gasteiger partial charge >= 0.3 is 12.1 Å². The quantitative estimate of drug-likeness (QED) is 0.401. The van der Waals surface area contributed by atoms with E-state index < -0.39 is 24.0 Å². The maximum atomic E-state index is 12.8. The molecule has 182 valence electrons. The van der Waals surface area contributed by atoms with Gasteiger partial charge in [0.25, 0.3) is 0 Å². The Hall–Kier alpha value is -4.14. The van der Waals surface area contributed by atoms with Crippen LogP contribution in [0.25, 0.3) is 11.1 Å². The Balaban J connectivity index is 1.38. The number of benzene rings is 2. The summed E-state index contributed by atoms with van der Waals surface area (Å²) in [5.41, 5.74) is 4.20. The molecule has 1 heterocycles. The van der Waals surface area contributed by atoms with Crippen molar-refractivity contribution in [2.45, 2.75) is 44.7 Å². The molecule has 3 aromatic rings. The fourth-order valence-corrected chi connectivity index (χ4v) is 4.32. The highest BCUT2D eigenvalue weighted by Gasteiger charge is 2.30. The second kappa shape index (κ2) is 10.9. The summed E-state index contributed by atoms with van der Waals surface area (Å²) in [6.07, 6.45) is 2.28. The first-order valence-corrected chi connectivity index (χ1v) is 11.5. The lowest BCUT2D eigenvalue weighted by atomic mass is 9.98. The molecule has 9 nitrogen and oxygen atoms in total. The summed E-state index contributed by atoms with van der Waals surface area (Å²) in [4.78, 5) is 40.2. The minimum Gasteiger partial charge on any atom is -0.476 e. The van der Waals surface area contributed by atoms with Crippen molar-refractivity contribution in [2.24, 2.45) is 0 Å². The molecule has 1 aliphatic carbocycles. The Morgan fingerprint density at radius 3 is 2.37 bits per heavy atom. The summed E-state index contributed by atoms with van der Waals surface area (Å²) in [5.74, 6) is -1.76. The summed E-state index contributed by atoms with van der Waals surface area (Å²) >= 11 is 0. The van der Waals surface area contributed by atoms with E-state index in [9.17, 15) is 14.4 Å². The summed E-state index contributed by atoms with van der Waals surface area (Å²) in [6, 6.07) is 15.3. The zero-order valence-corrected chi connectivity index (χ0v) is 19.3. The van der Waals surface area contributed by atoms with Gasteiger partial charge in [-0.15, -0.1) is 0 Å². The third-order valence-corrected chi connectivity index (χ3v) is 6.07. The molecule has 0 bridgehead atoms. The number of hydrogen-bond acceptors (Lipinski definition) is 6. The second-order valence-electron chi connectivity index (χ2n) is 8.31. The molecule has 0 saturated heterocycles. The molecule has 0 radical (unpaired) electrons. The van der Waals surface area contributed by atoms with E-state index in [2.05, 4.69) is 27.8 Å². The number of carboxylic acid groups (broad SMARTS) is 1. The minimum absolute atomic E-state index is 0.0289. The number of ether oxygens (including phenoxy) is 1. The van der Waals surface area contributed by atoms with E-state index >= 15 is 0 Å². The molecule has 0 aliphatic heterocycles. The monoisotopic (exact) mass is 477 g/mol. The molecule has 1 atom stereocenters. The number of carbonyl (C=O) groups excluding carboxylic acids is 2. The minimum atomic E-state index is -1.25. The number of nitrogens with one attached hydrogen (secondary N) is 2. The fourth-order valence-electron chi connectivity index (χ4n) is 4.32. The van der Waals surface area contributed by atoms with Crippen molar-refractivity contribution in [2.75, 3.05) is 6.61 Å². The molecule has 1 aliphatic rings. The number of nitrogens with zero attached hydrogens (tertiary/aromatic N) is 1. The highest BCUT2D eigenvalue weighted by Crippen LogP contribution is 2.44. The number of aromatic carboxylic acids is 1. The Labute approximate surface area is 202 Å². The van der Waals surface area contributed by atoms with Crippen LogP contribution in [0.3, 0.4) is 0 Å². The highest BCUT2D eigenvalue weighted by atomic mass is 16.5. The number of rotatable bonds is 10. The van der Waals surface area contributed by atoms with Crippen LogP contribution in [0.2, 0.25) is 0 Å². The van der Waals surface area contributed by atoms with Crippen molar-refractivity contribution in [1.29, 1.82) is 0 Å². The normalized spacial score (nSPS) is 12.9. The predicted molar refractivity (Wildman–Crippen MR) is 127 cm³/mol. The van der Waals surface area contributed by atoms with Crippen molar-refractivity contribution in [3.63, 3.8) is 0 Å². The van der Waals surface area contributed by atoms with Crippen molar-refractivity contribution >= 4 is 18.0 Å². The first kappa shape index (κ1) is 24.0. The van der Waals surface area contributed by atoms with E-state index in [0.29, 0.717) is 12.8 Å². The van der Waals surface area contributed by atoms with Gasteiger partial charge in [-0.25, -0.2) is 14.6 Å². The summed E-state index contributed by atoms with van der Waals surface area (Å²) in [5, 5.41) is 14.4. The first-order valence-electron chi connectivity index (χ1n) is 11.5. The van der Waals surface area contributed by atoms with Crippen LogP contribution >= 0.6 is 0 Å². The van der Waals surface area contributed by atoms with Crippen molar-refractivity contribution in [3.05, 3.63) is 77.5 Å². The standard InChI is InChI=1S/C26H27N3O6/c1-2-3-12-21(24(30)27-13-22-23(25(31)32)28-15-35-22)29-26(33)34-14-20-18-10-6-4-8-16(18)17-9-5-7-11-19(17)20/h4-11,15,20-21H,2-3,12-14H2,1H3,(H,27,30)(H,29,33)(H,31,32)/t21-/m0/s1. The molecule has 1 aromatic heterocycles. The van der Waals surface area contributed by atoms with Crippen molar-refractivity contribution in [1.82, 2.24) is 15.6 Å².